The van der Waals surface area contributed by atoms with Crippen molar-refractivity contribution >= 4 is 83.8 Å². The summed E-state index contributed by atoms with van der Waals surface area (Å²) in [7, 11) is -7.90. The van der Waals surface area contributed by atoms with Crippen LogP contribution in [0.4, 0.5) is 0 Å². The molecule has 10 rings (SSSR count). The van der Waals surface area contributed by atoms with Gasteiger partial charge >= 0.3 is 0 Å². The van der Waals surface area contributed by atoms with E-state index in [0.29, 0.717) is 17.9 Å². The van der Waals surface area contributed by atoms with Crippen molar-refractivity contribution in [1.29, 1.82) is 0 Å². The Morgan fingerprint density at radius 1 is 0.446 bits per heavy atom. The molecule has 4 aliphatic carbocycles. The van der Waals surface area contributed by atoms with E-state index in [1.165, 1.54) is 0 Å². The molecule has 4 N–H and O–H groups in total. The third-order valence-electron chi connectivity index (χ3n) is 13.5. The van der Waals surface area contributed by atoms with Crippen LogP contribution in [0.2, 0.25) is 0 Å². The highest BCUT2D eigenvalue weighted by atomic mass is 79.9. The van der Waals surface area contributed by atoms with Crippen LogP contribution in [0, 0.1) is 13.8 Å². The number of nitrogens with one attached hydrogen (secondary N) is 2. The molecular weight excluding hydrogens is 1270 g/mol. The van der Waals surface area contributed by atoms with E-state index in [1.54, 1.807) is 128 Å². The number of aliphatic hydroxyl groups is 2. The summed E-state index contributed by atoms with van der Waals surface area (Å²) < 4.78 is 124. The Bertz CT molecular complexity index is 2620. The summed E-state index contributed by atoms with van der Waals surface area (Å²) >= 11 is 14.1. The monoisotopic (exact) mass is 1330 g/mol. The zero-order valence-corrected chi connectivity index (χ0v) is 50.1. The van der Waals surface area contributed by atoms with Crippen LogP contribution in [0.5, 0.6) is 0 Å². The van der Waals surface area contributed by atoms with Gasteiger partial charge in [0.15, 0.2) is 23.1 Å². The zero-order chi connectivity index (χ0) is 53.8. The van der Waals surface area contributed by atoms with Crippen molar-refractivity contribution < 1.29 is 74.4 Å². The number of benzene rings is 2. The molecular formula is C50H62Br4N2O16S2. The van der Waals surface area contributed by atoms with Gasteiger partial charge in [-0.25, -0.2) is 26.3 Å². The minimum atomic E-state index is -3.95. The van der Waals surface area contributed by atoms with E-state index in [2.05, 4.69) is 73.2 Å². The summed E-state index contributed by atoms with van der Waals surface area (Å²) in [5, 5.41) is 21.9. The third-order valence-corrected chi connectivity index (χ3v) is 19.3. The predicted octanol–water partition coefficient (Wildman–Crippen LogP) is 6.76. The average molecular weight is 1330 g/mol. The Balaban J connectivity index is 0.000000182. The molecule has 74 heavy (non-hydrogen) atoms. The SMILES string of the molecule is Cc1ccc(S(=O)(=O)N[C@H]2[C@@H]3OC(C)(C)O[C@@H]3C(Br)=C[C@@H]2O[C@H]2[C@@H]3OC(C)(C)O[C@@H]3C(Br)=C[C@@H]2O)cc1.Cc1ccc(S(=O)(=O)N[C@H]2[C@@H]3OC(C)(C)O[C@@H]3C(Br)=C[C@@H]2O[C@H]2[C@@H]3OC(C)(C)O[C@@H]3C(Br)=C[C@@H]2O)cc1. The summed E-state index contributed by atoms with van der Waals surface area (Å²) in [4.78, 5) is 0.248. The van der Waals surface area contributed by atoms with E-state index in [9.17, 15) is 27.0 Å². The van der Waals surface area contributed by atoms with Crippen LogP contribution in [0.15, 0.2) is 101 Å². The van der Waals surface area contributed by atoms with E-state index in [-0.39, 0.29) is 9.79 Å². The lowest BCUT2D eigenvalue weighted by Crippen LogP contribution is -2.59. The van der Waals surface area contributed by atoms with Crippen molar-refractivity contribution in [2.45, 2.75) is 200 Å². The number of hydrogen-bond acceptors (Lipinski definition) is 16. The Labute approximate surface area is 465 Å². The largest absolute Gasteiger partial charge is 0.386 e. The maximum atomic E-state index is 13.5. The van der Waals surface area contributed by atoms with E-state index in [4.69, 9.17) is 47.4 Å². The van der Waals surface area contributed by atoms with Crippen molar-refractivity contribution in [2.24, 2.45) is 0 Å². The fourth-order valence-electron chi connectivity index (χ4n) is 10.3. The minimum Gasteiger partial charge on any atom is -0.386 e. The van der Waals surface area contributed by atoms with Gasteiger partial charge in [0.2, 0.25) is 20.0 Å². The van der Waals surface area contributed by atoms with Crippen molar-refractivity contribution in [3.63, 3.8) is 0 Å². The molecule has 2 aromatic rings. The van der Waals surface area contributed by atoms with Gasteiger partial charge in [-0.1, -0.05) is 99.1 Å². The first-order valence-corrected chi connectivity index (χ1v) is 30.2. The number of hydrogen-bond donors (Lipinski definition) is 4. The van der Waals surface area contributed by atoms with Crippen LogP contribution in [0.3, 0.4) is 0 Å². The lowest BCUT2D eigenvalue weighted by molar-refractivity contribution is -0.177. The molecule has 4 saturated heterocycles. The summed E-state index contributed by atoms with van der Waals surface area (Å²) in [5.41, 5.74) is 1.89. The summed E-state index contributed by atoms with van der Waals surface area (Å²) in [6.07, 6.45) is -3.31. The number of ether oxygens (including phenoxy) is 10. The molecule has 0 aromatic heterocycles. The lowest BCUT2D eigenvalue weighted by atomic mass is 9.92. The molecule has 0 bridgehead atoms. The first-order chi connectivity index (χ1) is 34.3. The third kappa shape index (κ3) is 12.1. The summed E-state index contributed by atoms with van der Waals surface area (Å²) in [5.74, 6) is -3.66. The number of aryl methyl sites for hydroxylation is 2. The topological polar surface area (TPSA) is 225 Å². The second-order valence-electron chi connectivity index (χ2n) is 21.3. The molecule has 408 valence electrons. The molecule has 0 spiro atoms. The van der Waals surface area contributed by atoms with Crippen molar-refractivity contribution in [3.05, 3.63) is 102 Å². The number of aliphatic hydroxyl groups excluding tert-OH is 2. The van der Waals surface area contributed by atoms with Gasteiger partial charge in [-0.05, 0) is 118 Å². The molecule has 16 atom stereocenters. The van der Waals surface area contributed by atoms with E-state index < -0.39 is 141 Å². The highest BCUT2D eigenvalue weighted by Crippen LogP contribution is 2.47. The maximum Gasteiger partial charge on any atom is 0.241 e. The van der Waals surface area contributed by atoms with Gasteiger partial charge in [0.05, 0.1) is 34.1 Å². The molecule has 0 saturated carbocycles. The van der Waals surface area contributed by atoms with Crippen LogP contribution in [-0.2, 0) is 67.4 Å². The first-order valence-electron chi connectivity index (χ1n) is 24.1. The van der Waals surface area contributed by atoms with Crippen LogP contribution < -0.4 is 9.44 Å². The summed E-state index contributed by atoms with van der Waals surface area (Å²) in [6, 6.07) is 11.4. The number of rotatable bonds is 10. The maximum absolute atomic E-state index is 13.5. The van der Waals surface area contributed by atoms with Gasteiger partial charge in [-0.2, -0.15) is 0 Å². The van der Waals surface area contributed by atoms with Crippen molar-refractivity contribution in [3.8, 4) is 0 Å². The quantitative estimate of drug-likeness (QED) is 0.193. The highest BCUT2D eigenvalue weighted by molar-refractivity contribution is 9.12. The van der Waals surface area contributed by atoms with Gasteiger partial charge in [0, 0.05) is 17.9 Å². The van der Waals surface area contributed by atoms with Crippen LogP contribution >= 0.6 is 63.7 Å². The molecule has 4 fully saturated rings. The molecule has 4 heterocycles. The fraction of sp³-hybridized carbons (Fsp3) is 0.600. The van der Waals surface area contributed by atoms with E-state index in [0.717, 1.165) is 11.1 Å². The lowest BCUT2D eigenvalue weighted by Gasteiger charge is -2.40. The van der Waals surface area contributed by atoms with Crippen molar-refractivity contribution in [2.75, 3.05) is 0 Å². The Kier molecular flexibility index (Phi) is 16.2. The molecule has 2 aromatic carbocycles. The number of sulfonamides is 2. The van der Waals surface area contributed by atoms with Crippen LogP contribution in [0.1, 0.15) is 66.5 Å². The molecule has 0 amide bonds. The number of fused-ring (bicyclic) bond motifs is 4. The van der Waals surface area contributed by atoms with Crippen LogP contribution in [-0.4, -0.2) is 148 Å². The van der Waals surface area contributed by atoms with Crippen molar-refractivity contribution in [1.82, 2.24) is 9.44 Å². The van der Waals surface area contributed by atoms with Gasteiger partial charge in [-0.3, -0.25) is 0 Å². The predicted molar refractivity (Wildman–Crippen MR) is 283 cm³/mol. The smallest absolute Gasteiger partial charge is 0.241 e. The highest BCUT2D eigenvalue weighted by Gasteiger charge is 2.58. The Hall–Kier alpha value is -1.34. The summed E-state index contributed by atoms with van der Waals surface area (Å²) in [6.45, 7) is 18.0. The Morgan fingerprint density at radius 2 is 0.716 bits per heavy atom. The molecule has 0 unspecified atom stereocenters. The van der Waals surface area contributed by atoms with Gasteiger partial charge in [0.1, 0.15) is 73.2 Å². The van der Waals surface area contributed by atoms with E-state index in [1.807, 2.05) is 13.8 Å². The normalized spacial score (nSPS) is 38.5. The van der Waals surface area contributed by atoms with Gasteiger partial charge in [-0.15, -0.1) is 0 Å². The zero-order valence-electron chi connectivity index (χ0n) is 42.1. The standard InChI is InChI=1S/2C25H31Br2NO8S/c2*1-12-6-8-13(9-7-12)37(30,31)28-18-17(11-15(27)19-22(18)35-24(2,3)33-19)32-21-16(29)10-14(26)20-23(21)36-25(4,5)34-20/h2*6-11,16-23,28-29H,1-5H3/t2*16-,17-,18+,19+,20+,21+,22-,23+/m00/s1. The second-order valence-corrected chi connectivity index (χ2v) is 28.4. The molecule has 0 radical (unpaired) electrons. The molecule has 4 aliphatic heterocycles. The molecule has 8 aliphatic rings. The first kappa shape index (κ1) is 57.3. The van der Waals surface area contributed by atoms with Crippen LogP contribution in [0.25, 0.3) is 0 Å². The molecule has 18 nitrogen and oxygen atoms in total. The Morgan fingerprint density at radius 3 is 1.03 bits per heavy atom. The van der Waals surface area contributed by atoms with Gasteiger partial charge < -0.3 is 57.6 Å². The average Bonchev–Trinajstić information content (AvgIpc) is 4.02. The fourth-order valence-corrected chi connectivity index (χ4v) is 15.3. The number of halogens is 4. The minimum absolute atomic E-state index is 0.124. The molecule has 24 heteroatoms. The van der Waals surface area contributed by atoms with E-state index >= 15 is 0 Å². The second kappa shape index (κ2) is 21.0. The van der Waals surface area contributed by atoms with Gasteiger partial charge in [0.25, 0.3) is 0 Å².